The zero-order chi connectivity index (χ0) is 20.2. The van der Waals surface area contributed by atoms with Crippen LogP contribution >= 0.6 is 0 Å². The molecule has 0 aliphatic carbocycles. The zero-order valence-corrected chi connectivity index (χ0v) is 16.9. The lowest BCUT2D eigenvalue weighted by atomic mass is 9.91. The Balaban J connectivity index is 1.48. The molecule has 4 rings (SSSR count). The Labute approximate surface area is 170 Å². The molecule has 1 aliphatic rings. The van der Waals surface area contributed by atoms with Gasteiger partial charge in [0.05, 0.1) is 25.1 Å². The predicted molar refractivity (Wildman–Crippen MR) is 110 cm³/mol. The topological polar surface area (TPSA) is 47.7 Å². The van der Waals surface area contributed by atoms with E-state index < -0.39 is 0 Å². The second kappa shape index (κ2) is 8.72. The minimum Gasteiger partial charge on any atom is -0.491 e. The number of halogens is 1. The van der Waals surface area contributed by atoms with Crippen LogP contribution < -0.4 is 14.4 Å². The fourth-order valence-electron chi connectivity index (χ4n) is 3.95. The van der Waals surface area contributed by atoms with Crippen LogP contribution in [0.2, 0.25) is 0 Å². The SMILES string of the molecule is CCCCOc1[c]ccc(N2CCC(c3noc4cc(F)ccc34)CC2)c1OC. The molecule has 0 bridgehead atoms. The number of aromatic nitrogens is 1. The van der Waals surface area contributed by atoms with Crippen LogP contribution in [-0.4, -0.2) is 32.0 Å². The largest absolute Gasteiger partial charge is 0.491 e. The van der Waals surface area contributed by atoms with Gasteiger partial charge in [-0.15, -0.1) is 0 Å². The highest BCUT2D eigenvalue weighted by molar-refractivity contribution is 5.80. The van der Waals surface area contributed by atoms with Gasteiger partial charge >= 0.3 is 0 Å². The van der Waals surface area contributed by atoms with Crippen LogP contribution in [0, 0.1) is 11.9 Å². The molecule has 5 nitrogen and oxygen atoms in total. The molecule has 6 heteroatoms. The maximum absolute atomic E-state index is 13.4. The zero-order valence-electron chi connectivity index (χ0n) is 16.9. The van der Waals surface area contributed by atoms with Crippen LogP contribution in [0.25, 0.3) is 11.0 Å². The molecule has 1 saturated heterocycles. The average Bonchev–Trinajstić information content (AvgIpc) is 3.17. The van der Waals surface area contributed by atoms with Gasteiger partial charge in [-0.2, -0.15) is 0 Å². The summed E-state index contributed by atoms with van der Waals surface area (Å²) in [6, 6.07) is 11.7. The Bertz CT molecular complexity index is 964. The molecule has 0 amide bonds. The number of ether oxygens (including phenoxy) is 2. The van der Waals surface area contributed by atoms with Crippen molar-refractivity contribution in [3.05, 3.63) is 47.9 Å². The van der Waals surface area contributed by atoms with E-state index in [4.69, 9.17) is 14.0 Å². The number of methoxy groups -OCH3 is 1. The summed E-state index contributed by atoms with van der Waals surface area (Å²) in [7, 11) is 1.67. The van der Waals surface area contributed by atoms with Crippen LogP contribution in [0.5, 0.6) is 11.5 Å². The maximum atomic E-state index is 13.4. The molecule has 153 valence electrons. The van der Waals surface area contributed by atoms with Crippen molar-refractivity contribution in [1.82, 2.24) is 5.16 Å². The van der Waals surface area contributed by atoms with Gasteiger partial charge in [0, 0.05) is 36.5 Å². The molecule has 1 fully saturated rings. The summed E-state index contributed by atoms with van der Waals surface area (Å²) in [5, 5.41) is 5.14. The molecule has 2 heterocycles. The Morgan fingerprint density at radius 1 is 1.28 bits per heavy atom. The lowest BCUT2D eigenvalue weighted by Gasteiger charge is -2.34. The lowest BCUT2D eigenvalue weighted by molar-refractivity contribution is 0.287. The molecule has 1 radical (unpaired) electrons. The van der Waals surface area contributed by atoms with Crippen molar-refractivity contribution >= 4 is 16.7 Å². The van der Waals surface area contributed by atoms with Crippen LogP contribution in [0.1, 0.15) is 44.2 Å². The van der Waals surface area contributed by atoms with Crippen molar-refractivity contribution in [2.24, 2.45) is 0 Å². The van der Waals surface area contributed by atoms with Crippen LogP contribution in [0.15, 0.2) is 34.9 Å². The van der Waals surface area contributed by atoms with E-state index >= 15 is 0 Å². The van der Waals surface area contributed by atoms with Gasteiger partial charge < -0.3 is 18.9 Å². The minimum atomic E-state index is -0.306. The van der Waals surface area contributed by atoms with Crippen LogP contribution in [-0.2, 0) is 0 Å². The second-order valence-electron chi connectivity index (χ2n) is 7.40. The van der Waals surface area contributed by atoms with E-state index in [0.717, 1.165) is 61.3 Å². The number of rotatable bonds is 7. The van der Waals surface area contributed by atoms with E-state index in [-0.39, 0.29) is 5.82 Å². The molecule has 29 heavy (non-hydrogen) atoms. The van der Waals surface area contributed by atoms with Crippen molar-refractivity contribution in [2.75, 3.05) is 31.7 Å². The van der Waals surface area contributed by atoms with E-state index in [1.165, 1.54) is 12.1 Å². The quantitative estimate of drug-likeness (QED) is 0.504. The number of hydrogen-bond acceptors (Lipinski definition) is 5. The fraction of sp³-hybridized carbons (Fsp3) is 0.435. The maximum Gasteiger partial charge on any atom is 0.184 e. The van der Waals surface area contributed by atoms with Gasteiger partial charge in [-0.1, -0.05) is 18.5 Å². The van der Waals surface area contributed by atoms with Crippen molar-refractivity contribution in [3.8, 4) is 11.5 Å². The molecule has 0 unspecified atom stereocenters. The number of piperidine rings is 1. The third-order valence-electron chi connectivity index (χ3n) is 5.53. The molecular formula is C23H26FN2O3. The molecule has 0 spiro atoms. The highest BCUT2D eigenvalue weighted by Crippen LogP contribution is 2.40. The first kappa shape index (κ1) is 19.6. The Morgan fingerprint density at radius 2 is 2.10 bits per heavy atom. The van der Waals surface area contributed by atoms with E-state index in [9.17, 15) is 4.39 Å². The van der Waals surface area contributed by atoms with Crippen LogP contribution in [0.4, 0.5) is 10.1 Å². The van der Waals surface area contributed by atoms with Crippen molar-refractivity contribution in [1.29, 1.82) is 0 Å². The van der Waals surface area contributed by atoms with E-state index in [2.05, 4.69) is 23.0 Å². The second-order valence-corrected chi connectivity index (χ2v) is 7.40. The Kier molecular flexibility index (Phi) is 5.88. The molecule has 3 aromatic rings. The number of anilines is 1. The lowest BCUT2D eigenvalue weighted by Crippen LogP contribution is -2.33. The van der Waals surface area contributed by atoms with Gasteiger partial charge in [0.15, 0.2) is 17.1 Å². The van der Waals surface area contributed by atoms with Gasteiger partial charge in [-0.3, -0.25) is 0 Å². The highest BCUT2D eigenvalue weighted by atomic mass is 19.1. The first-order valence-electron chi connectivity index (χ1n) is 10.2. The molecule has 0 N–H and O–H groups in total. The summed E-state index contributed by atoms with van der Waals surface area (Å²) in [5.41, 5.74) is 2.47. The molecule has 2 aromatic carbocycles. The van der Waals surface area contributed by atoms with E-state index in [1.807, 2.05) is 12.1 Å². The smallest absolute Gasteiger partial charge is 0.184 e. The third-order valence-corrected chi connectivity index (χ3v) is 5.53. The van der Waals surface area contributed by atoms with E-state index in [0.29, 0.717) is 23.9 Å². The summed E-state index contributed by atoms with van der Waals surface area (Å²) in [6.07, 6.45) is 3.96. The first-order valence-corrected chi connectivity index (χ1v) is 10.2. The predicted octanol–water partition coefficient (Wildman–Crippen LogP) is 5.34. The average molecular weight is 397 g/mol. The number of nitrogens with zero attached hydrogens (tertiary/aromatic N) is 2. The fourth-order valence-corrected chi connectivity index (χ4v) is 3.95. The first-order chi connectivity index (χ1) is 14.2. The molecule has 1 aromatic heterocycles. The summed E-state index contributed by atoms with van der Waals surface area (Å²) in [6.45, 7) is 4.54. The monoisotopic (exact) mass is 397 g/mol. The highest BCUT2D eigenvalue weighted by Gasteiger charge is 2.27. The van der Waals surface area contributed by atoms with Gasteiger partial charge in [-0.25, -0.2) is 4.39 Å². The summed E-state index contributed by atoms with van der Waals surface area (Å²) in [4.78, 5) is 2.32. The molecular weight excluding hydrogens is 371 g/mol. The van der Waals surface area contributed by atoms with Gasteiger partial charge in [0.25, 0.3) is 0 Å². The van der Waals surface area contributed by atoms with Crippen LogP contribution in [0.3, 0.4) is 0 Å². The third kappa shape index (κ3) is 4.02. The van der Waals surface area contributed by atoms with Crippen molar-refractivity contribution in [3.63, 3.8) is 0 Å². The van der Waals surface area contributed by atoms with Gasteiger partial charge in [0.1, 0.15) is 5.82 Å². The standard InChI is InChI=1S/C23H26FN2O3/c1-3-4-14-28-20-7-5-6-19(23(20)27-2)26-12-10-16(11-13-26)22-18-9-8-17(24)15-21(18)29-25-22/h5-6,8-9,15-16H,3-4,10-14H2,1-2H3. The summed E-state index contributed by atoms with van der Waals surface area (Å²) in [5.74, 6) is 1.40. The van der Waals surface area contributed by atoms with E-state index in [1.54, 1.807) is 13.2 Å². The normalized spacial score (nSPS) is 15.1. The number of hydrogen-bond donors (Lipinski definition) is 0. The number of benzene rings is 2. The number of unbranched alkanes of at least 4 members (excludes halogenated alkanes) is 1. The minimum absolute atomic E-state index is 0.291. The Morgan fingerprint density at radius 3 is 2.86 bits per heavy atom. The van der Waals surface area contributed by atoms with Gasteiger partial charge in [-0.05, 0) is 43.5 Å². The summed E-state index contributed by atoms with van der Waals surface area (Å²) < 4.78 is 30.3. The number of fused-ring (bicyclic) bond motifs is 1. The van der Waals surface area contributed by atoms with Crippen molar-refractivity contribution in [2.45, 2.75) is 38.5 Å². The molecule has 0 atom stereocenters. The molecule has 1 aliphatic heterocycles. The van der Waals surface area contributed by atoms with Gasteiger partial charge in [0.2, 0.25) is 0 Å². The molecule has 0 saturated carbocycles. The Hall–Kier alpha value is -2.76. The summed E-state index contributed by atoms with van der Waals surface area (Å²) >= 11 is 0. The van der Waals surface area contributed by atoms with Crippen molar-refractivity contribution < 1.29 is 18.4 Å².